The molecule has 2 aromatic rings. The lowest BCUT2D eigenvalue weighted by Crippen LogP contribution is -2.27. The molecule has 0 radical (unpaired) electrons. The number of nitrogens with two attached hydrogens (primary N) is 1. The van der Waals surface area contributed by atoms with E-state index in [0.29, 0.717) is 35.4 Å². The van der Waals surface area contributed by atoms with Crippen molar-refractivity contribution in [1.29, 1.82) is 0 Å². The zero-order chi connectivity index (χ0) is 17.8. The molecule has 0 saturated heterocycles. The summed E-state index contributed by atoms with van der Waals surface area (Å²) >= 11 is 0. The van der Waals surface area contributed by atoms with Gasteiger partial charge in [0.2, 0.25) is 0 Å². The minimum Gasteiger partial charge on any atom is -0.398 e. The summed E-state index contributed by atoms with van der Waals surface area (Å²) in [6.07, 6.45) is 3.74. The molecular formula is C18H17N5O2. The van der Waals surface area contributed by atoms with Crippen LogP contribution in [0.3, 0.4) is 0 Å². The molecule has 126 valence electrons. The average Bonchev–Trinajstić information content (AvgIpc) is 2.75. The van der Waals surface area contributed by atoms with Gasteiger partial charge in [-0.1, -0.05) is 12.6 Å². The largest absolute Gasteiger partial charge is 0.398 e. The molecule has 4 N–H and O–H groups in total. The van der Waals surface area contributed by atoms with E-state index in [4.69, 9.17) is 5.73 Å². The van der Waals surface area contributed by atoms with Gasteiger partial charge in [0.25, 0.3) is 11.8 Å². The molecule has 0 spiro atoms. The van der Waals surface area contributed by atoms with Gasteiger partial charge in [0.1, 0.15) is 0 Å². The van der Waals surface area contributed by atoms with Gasteiger partial charge in [-0.15, -0.1) is 0 Å². The Kier molecular flexibility index (Phi) is 4.56. The number of amides is 2. The molecule has 1 aromatic heterocycles. The van der Waals surface area contributed by atoms with Gasteiger partial charge in [-0.3, -0.25) is 14.6 Å². The van der Waals surface area contributed by atoms with E-state index in [1.54, 1.807) is 6.20 Å². The molecule has 7 heteroatoms. The van der Waals surface area contributed by atoms with Crippen LogP contribution >= 0.6 is 0 Å². The first kappa shape index (κ1) is 16.4. The Bertz CT molecular complexity index is 875. The highest BCUT2D eigenvalue weighted by atomic mass is 16.2. The van der Waals surface area contributed by atoms with E-state index in [1.807, 2.05) is 18.2 Å². The van der Waals surface area contributed by atoms with Gasteiger partial charge in [0.05, 0.1) is 11.8 Å². The van der Waals surface area contributed by atoms with Gasteiger partial charge in [-0.25, -0.2) is 5.43 Å². The number of nitrogens with one attached hydrogen (secondary N) is 2. The van der Waals surface area contributed by atoms with Crippen LogP contribution in [-0.4, -0.2) is 29.6 Å². The molecule has 7 nitrogen and oxygen atoms in total. The first-order valence-electron chi connectivity index (χ1n) is 7.70. The lowest BCUT2D eigenvalue weighted by molar-refractivity contribution is 0.0953. The van der Waals surface area contributed by atoms with Crippen LogP contribution < -0.4 is 16.5 Å². The van der Waals surface area contributed by atoms with E-state index in [1.165, 1.54) is 18.3 Å². The second-order valence-electron chi connectivity index (χ2n) is 5.54. The highest BCUT2D eigenvalue weighted by Crippen LogP contribution is 2.27. The lowest BCUT2D eigenvalue weighted by atomic mass is 9.96. The molecule has 1 aliphatic rings. The van der Waals surface area contributed by atoms with E-state index in [9.17, 15) is 9.59 Å². The Morgan fingerprint density at radius 2 is 2.16 bits per heavy atom. The maximum absolute atomic E-state index is 12.4. The van der Waals surface area contributed by atoms with Crippen molar-refractivity contribution in [2.45, 2.75) is 6.42 Å². The molecule has 0 bridgehead atoms. The van der Waals surface area contributed by atoms with E-state index < -0.39 is 5.91 Å². The second-order valence-corrected chi connectivity index (χ2v) is 5.54. The summed E-state index contributed by atoms with van der Waals surface area (Å²) in [6, 6.07) is 8.65. The molecule has 0 aliphatic carbocycles. The fourth-order valence-electron chi connectivity index (χ4n) is 2.58. The van der Waals surface area contributed by atoms with Crippen molar-refractivity contribution in [3.8, 4) is 0 Å². The van der Waals surface area contributed by atoms with Crippen LogP contribution in [0.2, 0.25) is 0 Å². The van der Waals surface area contributed by atoms with Crippen LogP contribution in [0, 0.1) is 0 Å². The number of fused-ring (bicyclic) bond motifs is 1. The third-order valence-corrected chi connectivity index (χ3v) is 3.78. The zero-order valence-electron chi connectivity index (χ0n) is 13.5. The topological polar surface area (TPSA) is 109 Å². The summed E-state index contributed by atoms with van der Waals surface area (Å²) in [5.74, 6) is -0.742. The molecule has 1 aromatic carbocycles. The SMILES string of the molecule is C=C1C=NNC(=O)c2cc(C(=O)NCCc3ccccn3)cc(N)c21. The van der Waals surface area contributed by atoms with Crippen molar-refractivity contribution in [2.75, 3.05) is 12.3 Å². The minimum atomic E-state index is -0.431. The molecule has 3 rings (SSSR count). The van der Waals surface area contributed by atoms with Crippen molar-refractivity contribution in [1.82, 2.24) is 15.7 Å². The Labute approximate surface area is 144 Å². The van der Waals surface area contributed by atoms with Crippen LogP contribution in [0.25, 0.3) is 5.57 Å². The second kappa shape index (κ2) is 6.96. The van der Waals surface area contributed by atoms with Crippen molar-refractivity contribution < 1.29 is 9.59 Å². The number of carbonyl (C=O) groups is 2. The summed E-state index contributed by atoms with van der Waals surface area (Å²) in [6.45, 7) is 4.26. The van der Waals surface area contributed by atoms with Gasteiger partial charge in [-0.2, -0.15) is 5.10 Å². The number of nitrogens with zero attached hydrogens (tertiary/aromatic N) is 2. The van der Waals surface area contributed by atoms with Crippen LogP contribution in [0.5, 0.6) is 0 Å². The fourth-order valence-corrected chi connectivity index (χ4v) is 2.58. The third kappa shape index (κ3) is 3.55. The number of anilines is 1. The van der Waals surface area contributed by atoms with Crippen LogP contribution in [-0.2, 0) is 6.42 Å². The molecule has 0 unspecified atom stereocenters. The normalized spacial score (nSPS) is 13.0. The monoisotopic (exact) mass is 335 g/mol. The molecule has 2 heterocycles. The molecular weight excluding hydrogens is 318 g/mol. The lowest BCUT2D eigenvalue weighted by Gasteiger charge is -2.12. The third-order valence-electron chi connectivity index (χ3n) is 3.78. The number of carbonyl (C=O) groups excluding carboxylic acids is 2. The molecule has 0 atom stereocenters. The van der Waals surface area contributed by atoms with Gasteiger partial charge >= 0.3 is 0 Å². The van der Waals surface area contributed by atoms with Crippen molar-refractivity contribution >= 4 is 29.3 Å². The number of nitrogen functional groups attached to an aromatic ring is 1. The molecule has 0 fully saturated rings. The molecule has 1 aliphatic heterocycles. The summed E-state index contributed by atoms with van der Waals surface area (Å²) in [4.78, 5) is 28.7. The highest BCUT2D eigenvalue weighted by Gasteiger charge is 2.21. The number of benzene rings is 1. The first-order valence-corrected chi connectivity index (χ1v) is 7.70. The summed E-state index contributed by atoms with van der Waals surface area (Å²) < 4.78 is 0. The van der Waals surface area contributed by atoms with Gasteiger partial charge in [0, 0.05) is 41.7 Å². The Balaban J connectivity index is 1.77. The predicted molar refractivity (Wildman–Crippen MR) is 96.1 cm³/mol. The zero-order valence-corrected chi connectivity index (χ0v) is 13.5. The smallest absolute Gasteiger partial charge is 0.272 e. The number of aromatic nitrogens is 1. The van der Waals surface area contributed by atoms with Crippen molar-refractivity contribution in [2.24, 2.45) is 5.10 Å². The van der Waals surface area contributed by atoms with E-state index >= 15 is 0 Å². The number of rotatable bonds is 4. The van der Waals surface area contributed by atoms with Crippen LogP contribution in [0.1, 0.15) is 32.0 Å². The summed E-state index contributed by atoms with van der Waals surface area (Å²) in [5.41, 5.74) is 11.2. The highest BCUT2D eigenvalue weighted by molar-refractivity contribution is 6.18. The standard InChI is InChI=1S/C18H17N5O2/c1-11-10-22-23-18(25)14-8-12(9-15(19)16(11)14)17(24)21-7-5-13-4-2-3-6-20-13/h2-4,6,8-10H,1,5,7,19H2,(H,21,24)(H,23,25). The maximum Gasteiger partial charge on any atom is 0.272 e. The Morgan fingerprint density at radius 3 is 2.92 bits per heavy atom. The van der Waals surface area contributed by atoms with Gasteiger partial charge in [-0.05, 0) is 29.8 Å². The minimum absolute atomic E-state index is 0.275. The quantitative estimate of drug-likeness (QED) is 0.733. The molecule has 25 heavy (non-hydrogen) atoms. The Morgan fingerprint density at radius 1 is 1.32 bits per heavy atom. The fraction of sp³-hybridized carbons (Fsp3) is 0.111. The van der Waals surface area contributed by atoms with E-state index in [0.717, 1.165) is 5.69 Å². The Hall–Kier alpha value is -3.48. The molecule has 2 amide bonds. The predicted octanol–water partition coefficient (Wildman–Crippen LogP) is 1.38. The number of hydrazone groups is 1. The van der Waals surface area contributed by atoms with E-state index in [2.05, 4.69) is 27.4 Å². The van der Waals surface area contributed by atoms with Crippen LogP contribution in [0.15, 0.2) is 48.2 Å². The summed E-state index contributed by atoms with van der Waals surface area (Å²) in [5, 5.41) is 6.56. The van der Waals surface area contributed by atoms with E-state index in [-0.39, 0.29) is 11.5 Å². The van der Waals surface area contributed by atoms with Crippen molar-refractivity contribution in [3.05, 3.63) is 65.5 Å². The van der Waals surface area contributed by atoms with Gasteiger partial charge in [0.15, 0.2) is 0 Å². The number of pyridine rings is 1. The number of hydrogen-bond acceptors (Lipinski definition) is 5. The van der Waals surface area contributed by atoms with Gasteiger partial charge < -0.3 is 11.1 Å². The number of hydrogen-bond donors (Lipinski definition) is 3. The first-order chi connectivity index (χ1) is 12.1. The van der Waals surface area contributed by atoms with Crippen LogP contribution in [0.4, 0.5) is 5.69 Å². The average molecular weight is 335 g/mol. The summed E-state index contributed by atoms with van der Waals surface area (Å²) in [7, 11) is 0. The maximum atomic E-state index is 12.4. The van der Waals surface area contributed by atoms with Crippen molar-refractivity contribution in [3.63, 3.8) is 0 Å². The number of allylic oxidation sites excluding steroid dienone is 1. The molecule has 0 saturated carbocycles.